The number of hydrogen-bond acceptors (Lipinski definition) is 4. The number of pyridine rings is 1. The molecule has 0 aliphatic heterocycles. The Morgan fingerprint density at radius 2 is 2.09 bits per heavy atom. The molecule has 0 aromatic carbocycles. The average Bonchev–Trinajstić information content (AvgIpc) is 3.36. The summed E-state index contributed by atoms with van der Waals surface area (Å²) in [6, 6.07) is 3.94. The molecule has 1 aromatic heterocycles. The third-order valence-corrected chi connectivity index (χ3v) is 3.85. The number of nitrogens with one attached hydrogen (secondary N) is 1. The maximum absolute atomic E-state index is 12.5. The highest BCUT2D eigenvalue weighted by molar-refractivity contribution is 5.79. The second-order valence-corrected chi connectivity index (χ2v) is 5.59. The van der Waals surface area contributed by atoms with E-state index in [0.29, 0.717) is 25.7 Å². The van der Waals surface area contributed by atoms with Crippen molar-refractivity contribution in [1.82, 2.24) is 10.3 Å². The minimum absolute atomic E-state index is 0.0214. The number of carbonyl (C=O) groups excluding carboxylic acids is 1. The van der Waals surface area contributed by atoms with Crippen LogP contribution in [0.25, 0.3) is 0 Å². The summed E-state index contributed by atoms with van der Waals surface area (Å²) in [6.07, 6.45) is 6.25. The molecule has 1 heterocycles. The van der Waals surface area contributed by atoms with Gasteiger partial charge in [-0.3, -0.25) is 9.78 Å². The van der Waals surface area contributed by atoms with Crippen molar-refractivity contribution in [2.75, 3.05) is 19.8 Å². The van der Waals surface area contributed by atoms with Crippen molar-refractivity contribution in [3.63, 3.8) is 0 Å². The second-order valence-electron chi connectivity index (χ2n) is 5.59. The lowest BCUT2D eigenvalue weighted by Gasteiger charge is -2.20. The van der Waals surface area contributed by atoms with E-state index in [1.165, 1.54) is 0 Å². The molecular weight excluding hydrogens is 280 g/mol. The molecule has 1 saturated carbocycles. The fourth-order valence-electron chi connectivity index (χ4n) is 2.60. The molecule has 1 amide bonds. The van der Waals surface area contributed by atoms with E-state index < -0.39 is 0 Å². The Morgan fingerprint density at radius 3 is 2.64 bits per heavy atom. The number of carbonyl (C=O) groups is 1. The van der Waals surface area contributed by atoms with Crippen LogP contribution < -0.4 is 5.32 Å². The molecule has 122 valence electrons. The Bertz CT molecular complexity index is 442. The average molecular weight is 306 g/mol. The summed E-state index contributed by atoms with van der Waals surface area (Å²) in [5.41, 5.74) is 1.11. The molecule has 1 N–H and O–H groups in total. The van der Waals surface area contributed by atoms with Crippen LogP contribution in [-0.4, -0.2) is 36.9 Å². The van der Waals surface area contributed by atoms with Gasteiger partial charge in [-0.15, -0.1) is 0 Å². The van der Waals surface area contributed by atoms with Crippen molar-refractivity contribution in [2.24, 2.45) is 11.8 Å². The number of hydrogen-bond donors (Lipinski definition) is 1. The van der Waals surface area contributed by atoms with E-state index in [2.05, 4.69) is 10.3 Å². The molecule has 1 aromatic rings. The number of aromatic nitrogens is 1. The highest BCUT2D eigenvalue weighted by Gasteiger charge is 2.36. The normalized spacial score (nSPS) is 15.8. The summed E-state index contributed by atoms with van der Waals surface area (Å²) in [6.45, 7) is 5.38. The maximum Gasteiger partial charge on any atom is 0.223 e. The van der Waals surface area contributed by atoms with Crippen LogP contribution >= 0.6 is 0 Å². The molecule has 1 aliphatic rings. The van der Waals surface area contributed by atoms with E-state index in [1.54, 1.807) is 6.20 Å². The van der Waals surface area contributed by atoms with Gasteiger partial charge in [-0.2, -0.15) is 0 Å². The minimum atomic E-state index is -0.364. The van der Waals surface area contributed by atoms with E-state index in [-0.39, 0.29) is 18.1 Å². The summed E-state index contributed by atoms with van der Waals surface area (Å²) in [7, 11) is 0. The lowest BCUT2D eigenvalue weighted by atomic mass is 9.94. The number of rotatable bonds is 10. The third kappa shape index (κ3) is 5.39. The summed E-state index contributed by atoms with van der Waals surface area (Å²) in [5, 5.41) is 2.98. The second kappa shape index (κ2) is 8.86. The summed E-state index contributed by atoms with van der Waals surface area (Å²) in [5.74, 6) is 0.613. The molecule has 0 spiro atoms. The Kier molecular flexibility index (Phi) is 6.80. The van der Waals surface area contributed by atoms with Gasteiger partial charge in [0.2, 0.25) is 5.91 Å². The fraction of sp³-hybridized carbons (Fsp3) is 0.647. The molecular formula is C17H26N2O3. The molecule has 22 heavy (non-hydrogen) atoms. The SMILES string of the molecule is CCOC(CNC(=O)C(Cc1cccnc1)C1CC1)OCC. The van der Waals surface area contributed by atoms with Crippen LogP contribution in [0.4, 0.5) is 0 Å². The fourth-order valence-corrected chi connectivity index (χ4v) is 2.60. The summed E-state index contributed by atoms with van der Waals surface area (Å²) < 4.78 is 10.9. The lowest BCUT2D eigenvalue weighted by Crippen LogP contribution is -2.40. The van der Waals surface area contributed by atoms with E-state index in [9.17, 15) is 4.79 Å². The molecule has 5 heteroatoms. The van der Waals surface area contributed by atoms with Gasteiger partial charge in [0.25, 0.3) is 0 Å². The van der Waals surface area contributed by atoms with Crippen LogP contribution in [0.2, 0.25) is 0 Å². The molecule has 1 unspecified atom stereocenters. The zero-order chi connectivity index (χ0) is 15.8. The number of amides is 1. The van der Waals surface area contributed by atoms with Crippen molar-refractivity contribution in [3.8, 4) is 0 Å². The highest BCUT2D eigenvalue weighted by atomic mass is 16.7. The van der Waals surface area contributed by atoms with Crippen LogP contribution in [-0.2, 0) is 20.7 Å². The Hall–Kier alpha value is -1.46. The standard InChI is InChI=1S/C17H26N2O3/c1-3-21-16(22-4-2)12-19-17(20)15(14-7-8-14)10-13-6-5-9-18-11-13/h5-6,9,11,14-16H,3-4,7-8,10,12H2,1-2H3,(H,19,20). The van der Waals surface area contributed by atoms with Crippen LogP contribution in [0.3, 0.4) is 0 Å². The Balaban J connectivity index is 1.87. The van der Waals surface area contributed by atoms with Gasteiger partial charge in [-0.25, -0.2) is 0 Å². The first-order valence-electron chi connectivity index (χ1n) is 8.14. The molecule has 1 fully saturated rings. The highest BCUT2D eigenvalue weighted by Crippen LogP contribution is 2.38. The van der Waals surface area contributed by atoms with Gasteiger partial charge in [0, 0.05) is 31.5 Å². The molecule has 1 atom stereocenters. The van der Waals surface area contributed by atoms with Gasteiger partial charge in [0.1, 0.15) is 0 Å². The van der Waals surface area contributed by atoms with Crippen LogP contribution in [0.5, 0.6) is 0 Å². The van der Waals surface area contributed by atoms with Gasteiger partial charge in [-0.05, 0) is 50.7 Å². The van der Waals surface area contributed by atoms with Gasteiger partial charge in [-0.1, -0.05) is 6.07 Å². The molecule has 5 nitrogen and oxygen atoms in total. The predicted octanol–water partition coefficient (Wildman–Crippen LogP) is 2.17. The van der Waals surface area contributed by atoms with Crippen molar-refractivity contribution >= 4 is 5.91 Å². The van der Waals surface area contributed by atoms with Crippen LogP contribution in [0, 0.1) is 11.8 Å². The van der Waals surface area contributed by atoms with Crippen molar-refractivity contribution in [2.45, 2.75) is 39.4 Å². The van der Waals surface area contributed by atoms with Crippen molar-refractivity contribution in [3.05, 3.63) is 30.1 Å². The predicted molar refractivity (Wildman–Crippen MR) is 84.2 cm³/mol. The number of nitrogens with zero attached hydrogens (tertiary/aromatic N) is 1. The van der Waals surface area contributed by atoms with Crippen molar-refractivity contribution in [1.29, 1.82) is 0 Å². The first kappa shape index (κ1) is 16.9. The van der Waals surface area contributed by atoms with Gasteiger partial charge in [0.05, 0.1) is 6.54 Å². The maximum atomic E-state index is 12.5. The Labute approximate surface area is 132 Å². The summed E-state index contributed by atoms with van der Waals surface area (Å²) in [4.78, 5) is 16.6. The summed E-state index contributed by atoms with van der Waals surface area (Å²) >= 11 is 0. The largest absolute Gasteiger partial charge is 0.351 e. The molecule has 0 saturated heterocycles. The topological polar surface area (TPSA) is 60.5 Å². The lowest BCUT2D eigenvalue weighted by molar-refractivity contribution is -0.142. The van der Waals surface area contributed by atoms with Crippen LogP contribution in [0.1, 0.15) is 32.3 Å². The molecule has 0 radical (unpaired) electrons. The van der Waals surface area contributed by atoms with E-state index in [0.717, 1.165) is 24.8 Å². The first-order chi connectivity index (χ1) is 10.7. The smallest absolute Gasteiger partial charge is 0.223 e. The quantitative estimate of drug-likeness (QED) is 0.673. The first-order valence-corrected chi connectivity index (χ1v) is 8.14. The minimum Gasteiger partial charge on any atom is -0.351 e. The van der Waals surface area contributed by atoms with Crippen molar-refractivity contribution < 1.29 is 14.3 Å². The zero-order valence-electron chi connectivity index (χ0n) is 13.5. The van der Waals surface area contributed by atoms with E-state index in [1.807, 2.05) is 32.2 Å². The zero-order valence-corrected chi connectivity index (χ0v) is 13.5. The van der Waals surface area contributed by atoms with Gasteiger partial charge >= 0.3 is 0 Å². The number of ether oxygens (including phenoxy) is 2. The third-order valence-electron chi connectivity index (χ3n) is 3.85. The van der Waals surface area contributed by atoms with Gasteiger partial charge < -0.3 is 14.8 Å². The Morgan fingerprint density at radius 1 is 1.36 bits per heavy atom. The van der Waals surface area contributed by atoms with Crippen LogP contribution in [0.15, 0.2) is 24.5 Å². The van der Waals surface area contributed by atoms with Gasteiger partial charge in [0.15, 0.2) is 6.29 Å². The monoisotopic (exact) mass is 306 g/mol. The van der Waals surface area contributed by atoms with E-state index >= 15 is 0 Å². The molecule has 2 rings (SSSR count). The molecule has 1 aliphatic carbocycles. The van der Waals surface area contributed by atoms with E-state index in [4.69, 9.17) is 9.47 Å². The molecule has 0 bridgehead atoms.